The number of aromatic nitrogens is 1. The van der Waals surface area contributed by atoms with E-state index in [1.807, 2.05) is 24.4 Å². The highest BCUT2D eigenvalue weighted by Crippen LogP contribution is 2.17. The van der Waals surface area contributed by atoms with Crippen molar-refractivity contribution >= 4 is 17.2 Å². The van der Waals surface area contributed by atoms with Crippen LogP contribution in [0.4, 0.5) is 0 Å². The fourth-order valence-corrected chi connectivity index (χ4v) is 2.75. The van der Waals surface area contributed by atoms with Crippen molar-refractivity contribution < 1.29 is 4.79 Å². The lowest BCUT2D eigenvalue weighted by Crippen LogP contribution is -2.25. The number of thiophene rings is 1. The van der Waals surface area contributed by atoms with Crippen molar-refractivity contribution in [2.45, 2.75) is 13.5 Å². The lowest BCUT2D eigenvalue weighted by atomic mass is 10.2. The number of nitrogens with zero attached hydrogens (tertiary/aromatic N) is 2. The molecule has 4 nitrogen and oxygen atoms in total. The van der Waals surface area contributed by atoms with Gasteiger partial charge in [-0.15, -0.1) is 11.3 Å². The predicted octanol–water partition coefficient (Wildman–Crippen LogP) is 2.03. The number of hydrogen-bond acceptors (Lipinski definition) is 4. The van der Waals surface area contributed by atoms with E-state index in [0.29, 0.717) is 18.7 Å². The molecule has 0 aliphatic heterocycles. The van der Waals surface area contributed by atoms with Crippen LogP contribution in [0.2, 0.25) is 0 Å². The van der Waals surface area contributed by atoms with Crippen LogP contribution < -0.4 is 5.73 Å². The Morgan fingerprint density at radius 3 is 2.95 bits per heavy atom. The minimum absolute atomic E-state index is 0.0332. The number of amides is 1. The van der Waals surface area contributed by atoms with E-state index < -0.39 is 0 Å². The molecule has 0 radical (unpaired) electrons. The smallest absolute Gasteiger partial charge is 0.255 e. The summed E-state index contributed by atoms with van der Waals surface area (Å²) in [5, 5.41) is 1.98. The maximum atomic E-state index is 12.3. The summed E-state index contributed by atoms with van der Waals surface area (Å²) in [4.78, 5) is 19.2. The van der Waals surface area contributed by atoms with E-state index in [4.69, 9.17) is 5.73 Å². The molecule has 21 heavy (non-hydrogen) atoms. The van der Waals surface area contributed by atoms with E-state index in [-0.39, 0.29) is 5.91 Å². The maximum absolute atomic E-state index is 12.3. The van der Waals surface area contributed by atoms with Crippen LogP contribution in [-0.2, 0) is 6.54 Å². The Kier molecular flexibility index (Phi) is 5.09. The standard InChI is InChI=1S/C16H17N3OS/c1-12-6-14(9-18-8-12)16(20)19(2)10-15-7-13(11-21-15)4-3-5-17/h6-9,11H,5,10,17H2,1-2H3. The molecule has 108 valence electrons. The van der Waals surface area contributed by atoms with Gasteiger partial charge < -0.3 is 10.6 Å². The topological polar surface area (TPSA) is 59.2 Å². The molecule has 2 rings (SSSR count). The summed E-state index contributed by atoms with van der Waals surface area (Å²) in [7, 11) is 1.79. The first-order valence-corrected chi connectivity index (χ1v) is 7.41. The molecule has 0 aromatic carbocycles. The van der Waals surface area contributed by atoms with Gasteiger partial charge in [0, 0.05) is 35.3 Å². The summed E-state index contributed by atoms with van der Waals surface area (Å²) >= 11 is 1.59. The number of carbonyl (C=O) groups is 1. The monoisotopic (exact) mass is 299 g/mol. The van der Waals surface area contributed by atoms with Crippen molar-refractivity contribution in [2.24, 2.45) is 5.73 Å². The summed E-state index contributed by atoms with van der Waals surface area (Å²) in [5.74, 6) is 5.78. The number of hydrogen-bond donors (Lipinski definition) is 1. The lowest BCUT2D eigenvalue weighted by molar-refractivity contribution is 0.0786. The highest BCUT2D eigenvalue weighted by Gasteiger charge is 2.13. The fraction of sp³-hybridized carbons (Fsp3) is 0.250. The number of pyridine rings is 1. The number of aryl methyl sites for hydroxylation is 1. The summed E-state index contributed by atoms with van der Waals surface area (Å²) < 4.78 is 0. The minimum Gasteiger partial charge on any atom is -0.337 e. The van der Waals surface area contributed by atoms with E-state index in [9.17, 15) is 4.79 Å². The molecule has 0 aliphatic rings. The molecule has 0 saturated carbocycles. The third-order valence-corrected chi connectivity index (χ3v) is 3.77. The molecule has 0 atom stereocenters. The van der Waals surface area contributed by atoms with Gasteiger partial charge in [0.25, 0.3) is 5.91 Å². The van der Waals surface area contributed by atoms with Crippen LogP contribution in [0.1, 0.15) is 26.4 Å². The van der Waals surface area contributed by atoms with Gasteiger partial charge in [-0.2, -0.15) is 0 Å². The predicted molar refractivity (Wildman–Crippen MR) is 85.0 cm³/mol. The second-order valence-corrected chi connectivity index (χ2v) is 5.72. The molecule has 0 aliphatic carbocycles. The molecule has 0 fully saturated rings. The first-order valence-electron chi connectivity index (χ1n) is 6.53. The second kappa shape index (κ2) is 7.02. The zero-order valence-corrected chi connectivity index (χ0v) is 12.9. The Balaban J connectivity index is 2.05. The van der Waals surface area contributed by atoms with E-state index in [1.54, 1.807) is 35.7 Å². The van der Waals surface area contributed by atoms with E-state index in [0.717, 1.165) is 16.0 Å². The summed E-state index contributed by atoms with van der Waals surface area (Å²) in [6.07, 6.45) is 3.33. The number of rotatable bonds is 3. The first kappa shape index (κ1) is 15.2. The average molecular weight is 299 g/mol. The SMILES string of the molecule is Cc1cncc(C(=O)N(C)Cc2cc(C#CCN)cs2)c1. The van der Waals surface area contributed by atoms with Crippen molar-refractivity contribution in [2.75, 3.05) is 13.6 Å². The molecular formula is C16H17N3OS. The van der Waals surface area contributed by atoms with Crippen LogP contribution in [0.5, 0.6) is 0 Å². The zero-order chi connectivity index (χ0) is 15.2. The lowest BCUT2D eigenvalue weighted by Gasteiger charge is -2.16. The molecule has 0 saturated heterocycles. The third kappa shape index (κ3) is 4.15. The highest BCUT2D eigenvalue weighted by molar-refractivity contribution is 7.10. The van der Waals surface area contributed by atoms with E-state index >= 15 is 0 Å². The van der Waals surface area contributed by atoms with Gasteiger partial charge in [0.15, 0.2) is 0 Å². The first-order chi connectivity index (χ1) is 10.1. The van der Waals surface area contributed by atoms with Gasteiger partial charge in [-0.05, 0) is 24.6 Å². The Hall–Kier alpha value is -2.16. The maximum Gasteiger partial charge on any atom is 0.255 e. The molecule has 5 heteroatoms. The van der Waals surface area contributed by atoms with E-state index in [2.05, 4.69) is 16.8 Å². The van der Waals surface area contributed by atoms with Crippen LogP contribution in [0, 0.1) is 18.8 Å². The quantitative estimate of drug-likeness (QED) is 0.882. The van der Waals surface area contributed by atoms with Crippen molar-refractivity contribution in [3.63, 3.8) is 0 Å². The molecule has 0 bridgehead atoms. The molecule has 2 N–H and O–H groups in total. The van der Waals surface area contributed by atoms with Crippen molar-refractivity contribution in [3.05, 3.63) is 51.5 Å². The van der Waals surface area contributed by atoms with Crippen LogP contribution in [0.25, 0.3) is 0 Å². The van der Waals surface area contributed by atoms with Crippen molar-refractivity contribution in [1.82, 2.24) is 9.88 Å². The molecule has 2 heterocycles. The summed E-state index contributed by atoms with van der Waals surface area (Å²) in [6.45, 7) is 2.83. The van der Waals surface area contributed by atoms with Gasteiger partial charge in [0.1, 0.15) is 0 Å². The van der Waals surface area contributed by atoms with Gasteiger partial charge in [-0.3, -0.25) is 9.78 Å². The highest BCUT2D eigenvalue weighted by atomic mass is 32.1. The number of carbonyl (C=O) groups excluding carboxylic acids is 1. The van der Waals surface area contributed by atoms with Crippen LogP contribution in [0.15, 0.2) is 29.9 Å². The fourth-order valence-electron chi connectivity index (χ4n) is 1.88. The third-order valence-electron chi connectivity index (χ3n) is 2.85. The second-order valence-electron chi connectivity index (χ2n) is 4.72. The number of nitrogens with two attached hydrogens (primary N) is 1. The van der Waals surface area contributed by atoms with E-state index in [1.165, 1.54) is 0 Å². The molecule has 2 aromatic rings. The van der Waals surface area contributed by atoms with Gasteiger partial charge in [-0.1, -0.05) is 11.8 Å². The molecule has 2 aromatic heterocycles. The molecule has 1 amide bonds. The van der Waals surface area contributed by atoms with Gasteiger partial charge >= 0.3 is 0 Å². The minimum atomic E-state index is -0.0332. The Bertz CT molecular complexity index is 697. The summed E-state index contributed by atoms with van der Waals surface area (Å²) in [6, 6.07) is 3.84. The molecular weight excluding hydrogens is 282 g/mol. The Labute approximate surface area is 128 Å². The van der Waals surface area contributed by atoms with Crippen LogP contribution >= 0.6 is 11.3 Å². The van der Waals surface area contributed by atoms with Crippen LogP contribution in [0.3, 0.4) is 0 Å². The molecule has 0 unspecified atom stereocenters. The van der Waals surface area contributed by atoms with Crippen molar-refractivity contribution in [1.29, 1.82) is 0 Å². The Morgan fingerprint density at radius 1 is 1.43 bits per heavy atom. The van der Waals surface area contributed by atoms with Crippen molar-refractivity contribution in [3.8, 4) is 11.8 Å². The average Bonchev–Trinajstić information content (AvgIpc) is 2.91. The van der Waals surface area contributed by atoms with Crippen LogP contribution in [-0.4, -0.2) is 29.4 Å². The molecule has 0 spiro atoms. The normalized spacial score (nSPS) is 9.86. The van der Waals surface area contributed by atoms with Gasteiger partial charge in [0.05, 0.1) is 18.7 Å². The van der Waals surface area contributed by atoms with Gasteiger partial charge in [-0.25, -0.2) is 0 Å². The summed E-state index contributed by atoms with van der Waals surface area (Å²) in [5.41, 5.74) is 7.88. The Morgan fingerprint density at radius 2 is 2.24 bits per heavy atom. The largest absolute Gasteiger partial charge is 0.337 e. The zero-order valence-electron chi connectivity index (χ0n) is 12.1. The van der Waals surface area contributed by atoms with Gasteiger partial charge in [0.2, 0.25) is 0 Å².